The molecule has 2 heterocycles. The zero-order valence-corrected chi connectivity index (χ0v) is 14.0. The average Bonchev–Trinajstić information content (AvgIpc) is 2.99. The molecule has 22 heavy (non-hydrogen) atoms. The molecule has 0 aliphatic rings. The van der Waals surface area contributed by atoms with E-state index in [1.54, 1.807) is 0 Å². The summed E-state index contributed by atoms with van der Waals surface area (Å²) in [5, 5.41) is 8.94. The van der Waals surface area contributed by atoms with Crippen LogP contribution in [-0.4, -0.2) is 29.0 Å². The van der Waals surface area contributed by atoms with Gasteiger partial charge in [0.1, 0.15) is 11.5 Å². The largest absolute Gasteiger partial charge is 0.370 e. The molecule has 0 spiro atoms. The van der Waals surface area contributed by atoms with Crippen molar-refractivity contribution in [1.82, 2.24) is 15.3 Å². The van der Waals surface area contributed by atoms with Crippen LogP contribution in [-0.2, 0) is 0 Å². The Morgan fingerprint density at radius 3 is 2.77 bits per heavy atom. The second-order valence-corrected chi connectivity index (χ2v) is 6.37. The number of anilines is 1. The fraction of sp³-hybridized carbons (Fsp3) is 0.438. The number of hydrogen-bond acceptors (Lipinski definition) is 5. The minimum Gasteiger partial charge on any atom is -0.370 e. The highest BCUT2D eigenvalue weighted by atomic mass is 32.1. The van der Waals surface area contributed by atoms with Crippen molar-refractivity contribution < 1.29 is 4.79 Å². The van der Waals surface area contributed by atoms with Gasteiger partial charge in [0, 0.05) is 30.6 Å². The second kappa shape index (κ2) is 7.89. The van der Waals surface area contributed by atoms with E-state index in [1.807, 2.05) is 30.6 Å². The van der Waals surface area contributed by atoms with Crippen molar-refractivity contribution in [1.29, 1.82) is 0 Å². The Balaban J connectivity index is 1.67. The van der Waals surface area contributed by atoms with Gasteiger partial charge in [0.25, 0.3) is 5.91 Å². The zero-order chi connectivity index (χ0) is 15.9. The van der Waals surface area contributed by atoms with E-state index in [4.69, 9.17) is 0 Å². The first-order chi connectivity index (χ1) is 10.6. The minimum atomic E-state index is -0.100. The van der Waals surface area contributed by atoms with Gasteiger partial charge in [-0.15, -0.1) is 11.3 Å². The van der Waals surface area contributed by atoms with Gasteiger partial charge in [-0.1, -0.05) is 19.9 Å². The first kappa shape index (κ1) is 16.4. The van der Waals surface area contributed by atoms with Gasteiger partial charge in [-0.25, -0.2) is 9.97 Å². The molecule has 0 saturated carbocycles. The summed E-state index contributed by atoms with van der Waals surface area (Å²) in [7, 11) is 0. The van der Waals surface area contributed by atoms with Gasteiger partial charge in [-0.2, -0.15) is 0 Å². The minimum absolute atomic E-state index is 0.100. The van der Waals surface area contributed by atoms with Crippen LogP contribution >= 0.6 is 11.3 Å². The quantitative estimate of drug-likeness (QED) is 0.769. The van der Waals surface area contributed by atoms with Crippen LogP contribution in [0, 0.1) is 6.92 Å². The number of carbonyl (C=O) groups excluding carboxylic acids is 1. The standard InChI is InChI=1S/C16H22N4OS/c1-11(2)16-20-13(10-22-16)15(21)18-8-4-7-17-14-6-5-12(3)9-19-14/h5-6,9-11H,4,7-8H2,1-3H3,(H,17,19)(H,18,21). The molecule has 118 valence electrons. The van der Waals surface area contributed by atoms with E-state index in [2.05, 4.69) is 34.4 Å². The number of carbonyl (C=O) groups is 1. The number of pyridine rings is 1. The summed E-state index contributed by atoms with van der Waals surface area (Å²) < 4.78 is 0. The van der Waals surface area contributed by atoms with Crippen LogP contribution in [0.3, 0.4) is 0 Å². The Morgan fingerprint density at radius 2 is 2.14 bits per heavy atom. The third-order valence-electron chi connectivity index (χ3n) is 3.11. The topological polar surface area (TPSA) is 66.9 Å². The van der Waals surface area contributed by atoms with Crippen molar-refractivity contribution in [2.75, 3.05) is 18.4 Å². The fourth-order valence-corrected chi connectivity index (χ4v) is 2.64. The molecule has 0 aliphatic heterocycles. The van der Waals surface area contributed by atoms with Crippen LogP contribution in [0.1, 0.15) is 47.2 Å². The van der Waals surface area contributed by atoms with E-state index >= 15 is 0 Å². The zero-order valence-electron chi connectivity index (χ0n) is 13.2. The SMILES string of the molecule is Cc1ccc(NCCCNC(=O)c2csc(C(C)C)n2)nc1. The molecule has 0 fully saturated rings. The lowest BCUT2D eigenvalue weighted by Crippen LogP contribution is -2.26. The van der Waals surface area contributed by atoms with Gasteiger partial charge in [0.2, 0.25) is 0 Å². The molecule has 0 aromatic carbocycles. The summed E-state index contributed by atoms with van der Waals surface area (Å²) in [5.74, 6) is 1.12. The molecule has 2 aromatic rings. The van der Waals surface area contributed by atoms with E-state index in [9.17, 15) is 4.79 Å². The fourth-order valence-electron chi connectivity index (χ4n) is 1.83. The molecule has 0 atom stereocenters. The van der Waals surface area contributed by atoms with Crippen molar-refractivity contribution >= 4 is 23.1 Å². The molecule has 1 amide bonds. The monoisotopic (exact) mass is 318 g/mol. The number of nitrogens with zero attached hydrogens (tertiary/aromatic N) is 2. The van der Waals surface area contributed by atoms with Crippen molar-refractivity contribution in [3.8, 4) is 0 Å². The Kier molecular flexibility index (Phi) is 5.89. The number of aryl methyl sites for hydroxylation is 1. The second-order valence-electron chi connectivity index (χ2n) is 5.48. The van der Waals surface area contributed by atoms with Crippen molar-refractivity contribution in [2.45, 2.75) is 33.1 Å². The third kappa shape index (κ3) is 4.80. The van der Waals surface area contributed by atoms with Crippen LogP contribution in [0.2, 0.25) is 0 Å². The molecular formula is C16H22N4OS. The number of aromatic nitrogens is 2. The van der Waals surface area contributed by atoms with E-state index in [-0.39, 0.29) is 5.91 Å². The Hall–Kier alpha value is -1.95. The van der Waals surface area contributed by atoms with E-state index in [0.717, 1.165) is 29.4 Å². The van der Waals surface area contributed by atoms with Crippen LogP contribution in [0.15, 0.2) is 23.7 Å². The first-order valence-corrected chi connectivity index (χ1v) is 8.34. The number of nitrogens with one attached hydrogen (secondary N) is 2. The maximum absolute atomic E-state index is 12.0. The number of hydrogen-bond donors (Lipinski definition) is 2. The van der Waals surface area contributed by atoms with Crippen molar-refractivity contribution in [3.05, 3.63) is 40.0 Å². The summed E-state index contributed by atoms with van der Waals surface area (Å²) >= 11 is 1.54. The molecule has 0 saturated heterocycles. The Bertz CT molecular complexity index is 607. The molecular weight excluding hydrogens is 296 g/mol. The Morgan fingerprint density at radius 1 is 1.32 bits per heavy atom. The van der Waals surface area contributed by atoms with Crippen molar-refractivity contribution in [2.24, 2.45) is 0 Å². The van der Waals surface area contributed by atoms with Gasteiger partial charge in [0.15, 0.2) is 0 Å². The summed E-state index contributed by atoms with van der Waals surface area (Å²) in [4.78, 5) is 20.6. The summed E-state index contributed by atoms with van der Waals surface area (Å²) in [6, 6.07) is 3.97. The smallest absolute Gasteiger partial charge is 0.270 e. The number of thiazole rings is 1. The molecule has 6 heteroatoms. The Labute approximate surface area is 135 Å². The average molecular weight is 318 g/mol. The number of amides is 1. The van der Waals surface area contributed by atoms with Crippen LogP contribution < -0.4 is 10.6 Å². The molecule has 2 N–H and O–H groups in total. The lowest BCUT2D eigenvalue weighted by molar-refractivity contribution is 0.0949. The summed E-state index contributed by atoms with van der Waals surface area (Å²) in [6.45, 7) is 7.54. The van der Waals surface area contributed by atoms with Gasteiger partial charge >= 0.3 is 0 Å². The first-order valence-electron chi connectivity index (χ1n) is 7.46. The van der Waals surface area contributed by atoms with Gasteiger partial charge in [-0.3, -0.25) is 4.79 Å². The highest BCUT2D eigenvalue weighted by Gasteiger charge is 2.11. The van der Waals surface area contributed by atoms with E-state index in [1.165, 1.54) is 11.3 Å². The summed E-state index contributed by atoms with van der Waals surface area (Å²) in [6.07, 6.45) is 2.67. The predicted molar refractivity (Wildman–Crippen MR) is 90.6 cm³/mol. The van der Waals surface area contributed by atoms with E-state index in [0.29, 0.717) is 18.2 Å². The van der Waals surface area contributed by atoms with E-state index < -0.39 is 0 Å². The third-order valence-corrected chi connectivity index (χ3v) is 4.25. The summed E-state index contributed by atoms with van der Waals surface area (Å²) in [5.41, 5.74) is 1.66. The van der Waals surface area contributed by atoms with Gasteiger partial charge in [-0.05, 0) is 25.0 Å². The maximum Gasteiger partial charge on any atom is 0.270 e. The lowest BCUT2D eigenvalue weighted by Gasteiger charge is -2.06. The number of rotatable bonds is 7. The molecule has 2 rings (SSSR count). The highest BCUT2D eigenvalue weighted by molar-refractivity contribution is 7.09. The van der Waals surface area contributed by atoms with Crippen LogP contribution in [0.25, 0.3) is 0 Å². The molecule has 5 nitrogen and oxygen atoms in total. The molecule has 0 unspecified atom stereocenters. The molecule has 0 bridgehead atoms. The molecule has 0 radical (unpaired) electrons. The van der Waals surface area contributed by atoms with Crippen LogP contribution in [0.5, 0.6) is 0 Å². The molecule has 2 aromatic heterocycles. The maximum atomic E-state index is 12.0. The van der Waals surface area contributed by atoms with Crippen molar-refractivity contribution in [3.63, 3.8) is 0 Å². The lowest BCUT2D eigenvalue weighted by atomic mass is 10.2. The van der Waals surface area contributed by atoms with Crippen LogP contribution in [0.4, 0.5) is 5.82 Å². The van der Waals surface area contributed by atoms with Gasteiger partial charge < -0.3 is 10.6 Å². The predicted octanol–water partition coefficient (Wildman–Crippen LogP) is 3.20. The highest BCUT2D eigenvalue weighted by Crippen LogP contribution is 2.18. The normalized spacial score (nSPS) is 10.7. The van der Waals surface area contributed by atoms with Gasteiger partial charge in [0.05, 0.1) is 5.01 Å². The molecule has 0 aliphatic carbocycles.